The highest BCUT2D eigenvalue weighted by molar-refractivity contribution is 5.60. The summed E-state index contributed by atoms with van der Waals surface area (Å²) in [6, 6.07) is 11.9. The predicted molar refractivity (Wildman–Crippen MR) is 111 cm³/mol. The number of ether oxygens (including phenoxy) is 2. The Bertz CT molecular complexity index is 1010. The molecule has 1 aromatic rings. The molecule has 0 saturated carbocycles. The first-order valence-electron chi connectivity index (χ1n) is 9.88. The molecule has 7 heteroatoms. The lowest BCUT2D eigenvalue weighted by atomic mass is 9.58. The molecule has 1 aliphatic heterocycles. The summed E-state index contributed by atoms with van der Waals surface area (Å²) in [6.45, 7) is 4.36. The van der Waals surface area contributed by atoms with Gasteiger partial charge in [0, 0.05) is 24.9 Å². The fourth-order valence-corrected chi connectivity index (χ4v) is 4.66. The van der Waals surface area contributed by atoms with E-state index in [-0.39, 0.29) is 17.2 Å². The van der Waals surface area contributed by atoms with Crippen LogP contribution < -0.4 is 15.2 Å². The maximum absolute atomic E-state index is 10.2. The molecule has 0 fully saturated rings. The Kier molecular flexibility index (Phi) is 6.01. The van der Waals surface area contributed by atoms with Gasteiger partial charge in [0.2, 0.25) is 0 Å². The smallest absolute Gasteiger partial charge is 0.191 e. The molecule has 2 N–H and O–H groups in total. The minimum absolute atomic E-state index is 0.0289. The largest absolute Gasteiger partial charge is 0.493 e. The van der Waals surface area contributed by atoms with Gasteiger partial charge in [-0.15, -0.1) is 0 Å². The van der Waals surface area contributed by atoms with E-state index in [1.807, 2.05) is 12.1 Å². The van der Waals surface area contributed by atoms with Crippen molar-refractivity contribution in [2.45, 2.75) is 19.3 Å². The molecule has 0 saturated heterocycles. The molecule has 0 spiro atoms. The molecule has 30 heavy (non-hydrogen) atoms. The van der Waals surface area contributed by atoms with E-state index in [0.717, 1.165) is 24.1 Å². The number of rotatable bonds is 5. The van der Waals surface area contributed by atoms with Crippen molar-refractivity contribution in [2.24, 2.45) is 17.1 Å². The zero-order valence-electron chi connectivity index (χ0n) is 17.5. The Balaban J connectivity index is 2.27. The van der Waals surface area contributed by atoms with Crippen LogP contribution in [0.4, 0.5) is 0 Å². The fourth-order valence-electron chi connectivity index (χ4n) is 4.66. The second kappa shape index (κ2) is 8.49. The van der Waals surface area contributed by atoms with Gasteiger partial charge in [0.25, 0.3) is 0 Å². The third kappa shape index (κ3) is 3.16. The zero-order valence-corrected chi connectivity index (χ0v) is 17.5. The van der Waals surface area contributed by atoms with Crippen LogP contribution in [-0.4, -0.2) is 38.8 Å². The van der Waals surface area contributed by atoms with Crippen LogP contribution in [0.25, 0.3) is 0 Å². The van der Waals surface area contributed by atoms with Crippen molar-refractivity contribution in [3.8, 4) is 29.7 Å². The fraction of sp³-hybridized carbons (Fsp3) is 0.435. The van der Waals surface area contributed by atoms with Gasteiger partial charge in [0.05, 0.1) is 37.6 Å². The van der Waals surface area contributed by atoms with E-state index in [1.165, 1.54) is 0 Å². The van der Waals surface area contributed by atoms with E-state index >= 15 is 0 Å². The van der Waals surface area contributed by atoms with E-state index in [0.29, 0.717) is 24.6 Å². The molecule has 1 heterocycles. The molecular formula is C23H25N5O2. The lowest BCUT2D eigenvalue weighted by molar-refractivity contribution is 0.207. The zero-order chi connectivity index (χ0) is 21.9. The maximum atomic E-state index is 10.2. The average molecular weight is 403 g/mol. The molecule has 0 bridgehead atoms. The number of fused-ring (bicyclic) bond motifs is 1. The van der Waals surface area contributed by atoms with Gasteiger partial charge in [-0.05, 0) is 36.2 Å². The normalized spacial score (nSPS) is 22.7. The van der Waals surface area contributed by atoms with Crippen LogP contribution >= 0.6 is 0 Å². The third-order valence-corrected chi connectivity index (χ3v) is 6.05. The van der Waals surface area contributed by atoms with Gasteiger partial charge in [-0.25, -0.2) is 0 Å². The van der Waals surface area contributed by atoms with Crippen LogP contribution in [0.3, 0.4) is 0 Å². The SMILES string of the molecule is CCCN1CC=C2C(C#N)=C(N)C(C#N)(C#N)[C@H](c3ccc(OC)c(OC)c3)[C@H]2C1. The summed E-state index contributed by atoms with van der Waals surface area (Å²) < 4.78 is 10.8. The van der Waals surface area contributed by atoms with Gasteiger partial charge < -0.3 is 15.2 Å². The Morgan fingerprint density at radius 3 is 2.43 bits per heavy atom. The van der Waals surface area contributed by atoms with E-state index in [4.69, 9.17) is 15.2 Å². The minimum atomic E-state index is -1.65. The summed E-state index contributed by atoms with van der Waals surface area (Å²) in [5, 5.41) is 30.1. The first kappa shape index (κ1) is 21.2. The molecule has 3 rings (SSSR count). The number of benzene rings is 1. The van der Waals surface area contributed by atoms with Crippen LogP contribution in [0.1, 0.15) is 24.8 Å². The summed E-state index contributed by atoms with van der Waals surface area (Å²) in [5.41, 5.74) is 6.56. The van der Waals surface area contributed by atoms with Crippen LogP contribution in [0.15, 0.2) is 41.1 Å². The lowest BCUT2D eigenvalue weighted by Crippen LogP contribution is -2.48. The molecular weight excluding hydrogens is 378 g/mol. The molecule has 1 aliphatic carbocycles. The van der Waals surface area contributed by atoms with E-state index in [1.54, 1.807) is 26.4 Å². The number of nitriles is 3. The van der Waals surface area contributed by atoms with Crippen molar-refractivity contribution in [1.82, 2.24) is 4.90 Å². The Hall–Kier alpha value is -3.47. The summed E-state index contributed by atoms with van der Waals surface area (Å²) in [4.78, 5) is 2.28. The highest BCUT2D eigenvalue weighted by atomic mass is 16.5. The van der Waals surface area contributed by atoms with Crippen LogP contribution in [0.5, 0.6) is 11.5 Å². The van der Waals surface area contributed by atoms with Gasteiger partial charge in [-0.2, -0.15) is 15.8 Å². The number of hydrogen-bond acceptors (Lipinski definition) is 7. The molecule has 0 amide bonds. The molecule has 2 atom stereocenters. The Morgan fingerprint density at radius 1 is 1.17 bits per heavy atom. The summed E-state index contributed by atoms with van der Waals surface area (Å²) in [5.74, 6) is 0.310. The number of hydrogen-bond donors (Lipinski definition) is 1. The summed E-state index contributed by atoms with van der Waals surface area (Å²) >= 11 is 0. The van der Waals surface area contributed by atoms with Crippen molar-refractivity contribution < 1.29 is 9.47 Å². The van der Waals surface area contributed by atoms with Crippen molar-refractivity contribution in [2.75, 3.05) is 33.9 Å². The van der Waals surface area contributed by atoms with Crippen molar-refractivity contribution in [1.29, 1.82) is 15.8 Å². The third-order valence-electron chi connectivity index (χ3n) is 6.05. The molecule has 0 unspecified atom stereocenters. The number of nitrogens with two attached hydrogens (primary N) is 1. The molecule has 154 valence electrons. The van der Waals surface area contributed by atoms with Crippen molar-refractivity contribution in [3.63, 3.8) is 0 Å². The van der Waals surface area contributed by atoms with Gasteiger partial charge in [0.1, 0.15) is 6.07 Å². The monoisotopic (exact) mass is 403 g/mol. The van der Waals surface area contributed by atoms with E-state index in [2.05, 4.69) is 30.0 Å². The first-order chi connectivity index (χ1) is 14.5. The molecule has 0 aromatic heterocycles. The molecule has 7 nitrogen and oxygen atoms in total. The lowest BCUT2D eigenvalue weighted by Gasteiger charge is -2.45. The van der Waals surface area contributed by atoms with E-state index in [9.17, 15) is 15.8 Å². The second-order valence-electron chi connectivity index (χ2n) is 7.55. The van der Waals surface area contributed by atoms with Crippen molar-refractivity contribution >= 4 is 0 Å². The number of allylic oxidation sites excluding steroid dienone is 2. The summed E-state index contributed by atoms with van der Waals surface area (Å²) in [6.07, 6.45) is 3.00. The van der Waals surface area contributed by atoms with Gasteiger partial charge in [0.15, 0.2) is 16.9 Å². The number of nitrogens with zero attached hydrogens (tertiary/aromatic N) is 4. The Morgan fingerprint density at radius 2 is 1.87 bits per heavy atom. The number of methoxy groups -OCH3 is 2. The minimum Gasteiger partial charge on any atom is -0.493 e. The highest BCUT2D eigenvalue weighted by Crippen LogP contribution is 2.54. The van der Waals surface area contributed by atoms with Crippen molar-refractivity contribution in [3.05, 3.63) is 46.7 Å². The maximum Gasteiger partial charge on any atom is 0.191 e. The van der Waals surface area contributed by atoms with Crippen LogP contribution in [-0.2, 0) is 0 Å². The summed E-state index contributed by atoms with van der Waals surface area (Å²) in [7, 11) is 3.10. The van der Waals surface area contributed by atoms with Crippen LogP contribution in [0, 0.1) is 45.3 Å². The second-order valence-corrected chi connectivity index (χ2v) is 7.55. The highest BCUT2D eigenvalue weighted by Gasteiger charge is 2.54. The van der Waals surface area contributed by atoms with Crippen LogP contribution in [0.2, 0.25) is 0 Å². The standard InChI is InChI=1S/C23H25N5O2/c1-4-8-28-9-7-16-17(11-24)22(27)23(13-25,14-26)21(18(16)12-28)15-5-6-19(29-2)20(10-15)30-3/h5-7,10,18,21H,4,8-9,12,27H2,1-3H3/t18-,21+/m0/s1. The average Bonchev–Trinajstić information content (AvgIpc) is 2.78. The molecule has 2 aliphatic rings. The molecule has 0 radical (unpaired) electrons. The Labute approximate surface area is 177 Å². The quantitative estimate of drug-likeness (QED) is 0.803. The van der Waals surface area contributed by atoms with Gasteiger partial charge >= 0.3 is 0 Å². The van der Waals surface area contributed by atoms with Gasteiger partial charge in [-0.3, -0.25) is 4.90 Å². The topological polar surface area (TPSA) is 119 Å². The van der Waals surface area contributed by atoms with E-state index < -0.39 is 11.3 Å². The first-order valence-corrected chi connectivity index (χ1v) is 9.88. The predicted octanol–water partition coefficient (Wildman–Crippen LogP) is 2.84. The van der Waals surface area contributed by atoms with Gasteiger partial charge in [-0.1, -0.05) is 19.1 Å². The molecule has 1 aromatic carbocycles.